The first-order valence-electron chi connectivity index (χ1n) is 7.94. The van der Waals surface area contributed by atoms with E-state index in [9.17, 15) is 9.18 Å². The van der Waals surface area contributed by atoms with Gasteiger partial charge in [-0.3, -0.25) is 4.79 Å². The molecule has 3 rings (SSSR count). The van der Waals surface area contributed by atoms with Crippen LogP contribution in [0.2, 0.25) is 5.02 Å². The van der Waals surface area contributed by atoms with Gasteiger partial charge in [-0.25, -0.2) is 9.07 Å². The number of halogens is 2. The van der Waals surface area contributed by atoms with E-state index < -0.39 is 0 Å². The van der Waals surface area contributed by atoms with Gasteiger partial charge in [0, 0.05) is 11.1 Å². The smallest absolute Gasteiger partial charge is 0.263 e. The molecule has 0 aliphatic carbocycles. The topological polar surface area (TPSA) is 56.1 Å². The summed E-state index contributed by atoms with van der Waals surface area (Å²) in [6, 6.07) is 12.8. The molecule has 0 spiro atoms. The van der Waals surface area contributed by atoms with Crippen molar-refractivity contribution in [2.75, 3.05) is 11.9 Å². The Labute approximate surface area is 155 Å². The van der Waals surface area contributed by atoms with E-state index in [1.807, 2.05) is 13.8 Å². The number of aromatic nitrogens is 2. The van der Waals surface area contributed by atoms with Crippen LogP contribution in [0.5, 0.6) is 5.75 Å². The molecule has 2 aromatic carbocycles. The molecule has 0 fully saturated rings. The normalized spacial score (nSPS) is 10.6. The molecule has 3 aromatic rings. The van der Waals surface area contributed by atoms with Crippen LogP contribution >= 0.6 is 11.6 Å². The van der Waals surface area contributed by atoms with Crippen molar-refractivity contribution < 1.29 is 13.9 Å². The monoisotopic (exact) mass is 373 g/mol. The van der Waals surface area contributed by atoms with E-state index in [2.05, 4.69) is 10.4 Å². The molecule has 0 atom stereocenters. The van der Waals surface area contributed by atoms with Crippen molar-refractivity contribution in [3.8, 4) is 11.4 Å². The molecular weight excluding hydrogens is 357 g/mol. The van der Waals surface area contributed by atoms with Crippen LogP contribution in [-0.4, -0.2) is 22.3 Å². The first kappa shape index (κ1) is 17.9. The van der Waals surface area contributed by atoms with E-state index >= 15 is 0 Å². The van der Waals surface area contributed by atoms with Gasteiger partial charge in [0.25, 0.3) is 5.91 Å². The van der Waals surface area contributed by atoms with Gasteiger partial charge < -0.3 is 10.1 Å². The first-order valence-corrected chi connectivity index (χ1v) is 8.31. The fourth-order valence-electron chi connectivity index (χ4n) is 2.46. The van der Waals surface area contributed by atoms with Gasteiger partial charge in [-0.1, -0.05) is 11.6 Å². The highest BCUT2D eigenvalue weighted by atomic mass is 35.5. The molecule has 0 bridgehead atoms. The van der Waals surface area contributed by atoms with Crippen LogP contribution in [0.1, 0.15) is 11.3 Å². The summed E-state index contributed by atoms with van der Waals surface area (Å²) in [6.07, 6.45) is 0. The van der Waals surface area contributed by atoms with Crippen molar-refractivity contribution in [3.63, 3.8) is 0 Å². The van der Waals surface area contributed by atoms with Crippen LogP contribution in [0.3, 0.4) is 0 Å². The highest BCUT2D eigenvalue weighted by Gasteiger charge is 2.12. The van der Waals surface area contributed by atoms with E-state index in [1.54, 1.807) is 41.1 Å². The van der Waals surface area contributed by atoms with Crippen LogP contribution in [0.15, 0.2) is 48.5 Å². The van der Waals surface area contributed by atoms with Crippen molar-refractivity contribution >= 4 is 23.3 Å². The summed E-state index contributed by atoms with van der Waals surface area (Å²) in [7, 11) is 0. The average Bonchev–Trinajstić information content (AvgIpc) is 2.95. The quantitative estimate of drug-likeness (QED) is 0.725. The summed E-state index contributed by atoms with van der Waals surface area (Å²) in [4.78, 5) is 12.2. The van der Waals surface area contributed by atoms with E-state index in [0.29, 0.717) is 22.3 Å². The minimum absolute atomic E-state index is 0.157. The predicted molar refractivity (Wildman–Crippen MR) is 98.6 cm³/mol. The van der Waals surface area contributed by atoms with Gasteiger partial charge in [0.15, 0.2) is 6.61 Å². The SMILES string of the molecule is Cc1cc(NC(=O)COc2ccc(Cl)cc2C)n(-c2ccc(F)cc2)n1. The number of rotatable bonds is 5. The van der Waals surface area contributed by atoms with Crippen LogP contribution in [0.25, 0.3) is 5.69 Å². The van der Waals surface area contributed by atoms with Crippen LogP contribution in [0, 0.1) is 19.7 Å². The summed E-state index contributed by atoms with van der Waals surface area (Å²) in [5.74, 6) is 0.404. The third-order valence-corrected chi connectivity index (χ3v) is 3.90. The summed E-state index contributed by atoms with van der Waals surface area (Å²) >= 11 is 5.91. The molecule has 5 nitrogen and oxygen atoms in total. The Morgan fingerprint density at radius 3 is 2.62 bits per heavy atom. The molecule has 1 aromatic heterocycles. The molecule has 7 heteroatoms. The second-order valence-electron chi connectivity index (χ2n) is 5.81. The number of amides is 1. The Kier molecular flexibility index (Phi) is 5.23. The summed E-state index contributed by atoms with van der Waals surface area (Å²) in [6.45, 7) is 3.51. The Morgan fingerprint density at radius 2 is 1.92 bits per heavy atom. The lowest BCUT2D eigenvalue weighted by Crippen LogP contribution is -2.22. The minimum Gasteiger partial charge on any atom is -0.483 e. The van der Waals surface area contributed by atoms with E-state index in [4.69, 9.17) is 16.3 Å². The van der Waals surface area contributed by atoms with Crippen molar-refractivity contribution in [3.05, 3.63) is 70.6 Å². The van der Waals surface area contributed by atoms with Gasteiger partial charge in [0.2, 0.25) is 0 Å². The number of nitrogens with zero attached hydrogens (tertiary/aromatic N) is 2. The predicted octanol–water partition coefficient (Wildman–Crippen LogP) is 4.30. The fourth-order valence-corrected chi connectivity index (χ4v) is 2.69. The maximum Gasteiger partial charge on any atom is 0.263 e. The van der Waals surface area contributed by atoms with Crippen molar-refractivity contribution in [2.45, 2.75) is 13.8 Å². The second-order valence-corrected chi connectivity index (χ2v) is 6.24. The number of benzene rings is 2. The number of hydrogen-bond acceptors (Lipinski definition) is 3. The Hall–Kier alpha value is -2.86. The third-order valence-electron chi connectivity index (χ3n) is 3.67. The zero-order chi connectivity index (χ0) is 18.7. The number of anilines is 1. The zero-order valence-electron chi connectivity index (χ0n) is 14.3. The molecule has 0 saturated heterocycles. The molecule has 134 valence electrons. The summed E-state index contributed by atoms with van der Waals surface area (Å²) in [5.41, 5.74) is 2.21. The third kappa shape index (κ3) is 4.21. The lowest BCUT2D eigenvalue weighted by molar-refractivity contribution is -0.118. The van der Waals surface area contributed by atoms with Gasteiger partial charge >= 0.3 is 0 Å². The molecule has 1 N–H and O–H groups in total. The van der Waals surface area contributed by atoms with Gasteiger partial charge in [-0.05, 0) is 61.9 Å². The average molecular weight is 374 g/mol. The summed E-state index contributed by atoms with van der Waals surface area (Å²) < 4.78 is 20.2. The van der Waals surface area contributed by atoms with Gasteiger partial charge in [0.1, 0.15) is 17.4 Å². The van der Waals surface area contributed by atoms with Crippen molar-refractivity contribution in [2.24, 2.45) is 0 Å². The van der Waals surface area contributed by atoms with Crippen LogP contribution in [0.4, 0.5) is 10.2 Å². The largest absolute Gasteiger partial charge is 0.483 e. The molecule has 26 heavy (non-hydrogen) atoms. The lowest BCUT2D eigenvalue weighted by Gasteiger charge is -2.11. The van der Waals surface area contributed by atoms with E-state index in [0.717, 1.165) is 11.3 Å². The molecule has 0 aliphatic heterocycles. The molecule has 0 aliphatic rings. The number of aryl methyl sites for hydroxylation is 2. The standard InChI is InChI=1S/C19H17ClFN3O2/c1-12-9-14(20)3-8-17(12)26-11-19(25)22-18-10-13(2)23-24(18)16-6-4-15(21)5-7-16/h3-10H,11H2,1-2H3,(H,22,25). The second kappa shape index (κ2) is 7.58. The maximum atomic E-state index is 13.1. The summed E-state index contributed by atoms with van der Waals surface area (Å²) in [5, 5.41) is 7.70. The number of carbonyl (C=O) groups is 1. The minimum atomic E-state index is -0.338. The molecule has 1 amide bonds. The van der Waals surface area contributed by atoms with Gasteiger partial charge in [0.05, 0.1) is 11.4 Å². The van der Waals surface area contributed by atoms with E-state index in [1.165, 1.54) is 12.1 Å². The maximum absolute atomic E-state index is 13.1. The molecule has 0 radical (unpaired) electrons. The number of nitrogens with one attached hydrogen (secondary N) is 1. The zero-order valence-corrected chi connectivity index (χ0v) is 15.0. The Morgan fingerprint density at radius 1 is 1.19 bits per heavy atom. The number of ether oxygens (including phenoxy) is 1. The molecular formula is C19H17ClFN3O2. The molecule has 0 unspecified atom stereocenters. The van der Waals surface area contributed by atoms with Gasteiger partial charge in [-0.15, -0.1) is 0 Å². The highest BCUT2D eigenvalue weighted by molar-refractivity contribution is 6.30. The molecule has 1 heterocycles. The fraction of sp³-hybridized carbons (Fsp3) is 0.158. The van der Waals surface area contributed by atoms with Crippen LogP contribution in [-0.2, 0) is 4.79 Å². The van der Waals surface area contributed by atoms with E-state index in [-0.39, 0.29) is 18.3 Å². The number of hydrogen-bond donors (Lipinski definition) is 1. The van der Waals surface area contributed by atoms with Crippen LogP contribution < -0.4 is 10.1 Å². The van der Waals surface area contributed by atoms with Crippen molar-refractivity contribution in [1.82, 2.24) is 9.78 Å². The Bertz CT molecular complexity index is 938. The Balaban J connectivity index is 1.70. The highest BCUT2D eigenvalue weighted by Crippen LogP contribution is 2.22. The van der Waals surface area contributed by atoms with Crippen molar-refractivity contribution in [1.29, 1.82) is 0 Å². The van der Waals surface area contributed by atoms with Gasteiger partial charge in [-0.2, -0.15) is 5.10 Å². The molecule has 0 saturated carbocycles. The lowest BCUT2D eigenvalue weighted by atomic mass is 10.2. The number of carbonyl (C=O) groups excluding carboxylic acids is 1. The first-order chi connectivity index (χ1) is 12.4.